The molecule has 0 bridgehead atoms. The highest BCUT2D eigenvalue weighted by atomic mass is 16.6. The number of esters is 4. The van der Waals surface area contributed by atoms with Gasteiger partial charge in [0.25, 0.3) is 0 Å². The third-order valence-corrected chi connectivity index (χ3v) is 9.33. The maximum Gasteiger partial charge on any atom is 0.330 e. The average molecular weight is 932 g/mol. The van der Waals surface area contributed by atoms with Crippen molar-refractivity contribution in [2.24, 2.45) is 34.4 Å². The average Bonchev–Trinajstić information content (AvgIpc) is 4.09. The molecule has 4 rings (SSSR count). The molecule has 0 amide bonds. The summed E-state index contributed by atoms with van der Waals surface area (Å²) in [4.78, 5) is 86.6. The second-order valence-electron chi connectivity index (χ2n) is 15.1. The Labute approximate surface area is 376 Å². The molecule has 3 aliphatic rings. The van der Waals surface area contributed by atoms with Crippen LogP contribution in [0.3, 0.4) is 0 Å². The smallest absolute Gasteiger partial charge is 0.330 e. The van der Waals surface area contributed by atoms with Gasteiger partial charge >= 0.3 is 47.8 Å². The Bertz CT molecular complexity index is 1610. The van der Waals surface area contributed by atoms with Crippen molar-refractivity contribution < 1.29 is 78.1 Å². The van der Waals surface area contributed by atoms with Gasteiger partial charge in [-0.25, -0.2) is 14.4 Å². The van der Waals surface area contributed by atoms with Gasteiger partial charge in [0.15, 0.2) is 0 Å². The lowest BCUT2D eigenvalue weighted by Crippen LogP contribution is -2.39. The molecular weight excluding hydrogens is 862 g/mol. The van der Waals surface area contributed by atoms with Crippen LogP contribution in [0.15, 0.2) is 24.3 Å². The van der Waals surface area contributed by atoms with Crippen molar-refractivity contribution in [1.29, 1.82) is 0 Å². The van der Waals surface area contributed by atoms with Crippen LogP contribution in [0, 0.1) is 0 Å². The fourth-order valence-electron chi connectivity index (χ4n) is 5.33. The molecule has 0 radical (unpaired) electrons. The first-order valence-corrected chi connectivity index (χ1v) is 21.0. The van der Waals surface area contributed by atoms with Gasteiger partial charge in [0.2, 0.25) is 0 Å². The summed E-state index contributed by atoms with van der Waals surface area (Å²) in [7, 11) is 0. The summed E-state index contributed by atoms with van der Waals surface area (Å²) in [5, 5.41) is 50.5. The van der Waals surface area contributed by atoms with E-state index in [0.29, 0.717) is 18.7 Å². The number of aliphatic hydroxyl groups is 1. The maximum absolute atomic E-state index is 11.9. The zero-order chi connectivity index (χ0) is 49.6. The number of ether oxygens (including phenoxy) is 3. The minimum absolute atomic E-state index is 0.184. The highest BCUT2D eigenvalue weighted by Crippen LogP contribution is 2.16. The lowest BCUT2D eigenvalue weighted by Gasteiger charge is -2.13. The van der Waals surface area contributed by atoms with Gasteiger partial charge in [-0.15, -0.1) is 0 Å². The van der Waals surface area contributed by atoms with E-state index in [2.05, 4.69) is 20.7 Å². The third kappa shape index (κ3) is 27.0. The van der Waals surface area contributed by atoms with Crippen LogP contribution in [0.4, 0.5) is 0 Å². The number of aliphatic carboxylic acids is 4. The van der Waals surface area contributed by atoms with Gasteiger partial charge < -0.3 is 90.1 Å². The van der Waals surface area contributed by atoms with Crippen LogP contribution in [0.2, 0.25) is 0 Å². The lowest BCUT2D eigenvalue weighted by atomic mass is 10.1. The van der Waals surface area contributed by atoms with Crippen molar-refractivity contribution >= 4 is 47.8 Å². The molecule has 0 saturated carbocycles. The van der Waals surface area contributed by atoms with Gasteiger partial charge in [-0.2, -0.15) is 0 Å². The van der Waals surface area contributed by atoms with Gasteiger partial charge in [0, 0.05) is 0 Å². The van der Waals surface area contributed by atoms with E-state index in [1.807, 2.05) is 0 Å². The zero-order valence-electron chi connectivity index (χ0n) is 36.8. The van der Waals surface area contributed by atoms with Crippen molar-refractivity contribution in [3.05, 3.63) is 29.8 Å². The van der Waals surface area contributed by atoms with Crippen LogP contribution in [-0.4, -0.2) is 161 Å². The quantitative estimate of drug-likeness (QED) is 0.0293. The summed E-state index contributed by atoms with van der Waals surface area (Å²) >= 11 is 0. The molecule has 25 heteroatoms. The summed E-state index contributed by atoms with van der Waals surface area (Å²) in [5.74, 6) is -5.95. The second kappa shape index (κ2) is 33.3. The van der Waals surface area contributed by atoms with E-state index < -0.39 is 78.1 Å². The topological polar surface area (TPSA) is 458 Å². The SMILES string of the molecule is C[C@@H](O)[C@H](N)C(=O)O.C[C@H](N)C(=O)OC(=O)[C@@H](N)Cc1ccc(OC(=O)[C@@H]2CCCN2)cc1.NCCCC[C@H](N)C(=O)O.N[C@@H](COC(=O)[C@@H]1CCCN1)C(=O)O.O=C(O)[C@@H]1CCCN1. The van der Waals surface area contributed by atoms with E-state index in [9.17, 15) is 38.4 Å². The Morgan fingerprint density at radius 3 is 1.52 bits per heavy atom. The van der Waals surface area contributed by atoms with E-state index in [4.69, 9.17) is 69.4 Å². The minimum atomic E-state index is -1.18. The Balaban J connectivity index is 0.000000865. The Hall–Kier alpha value is -5.22. The number of hydrogen-bond donors (Lipinski definition) is 14. The molecule has 3 heterocycles. The van der Waals surface area contributed by atoms with Crippen LogP contribution in [0.25, 0.3) is 0 Å². The van der Waals surface area contributed by atoms with E-state index >= 15 is 0 Å². The molecule has 25 nitrogen and oxygen atoms in total. The summed E-state index contributed by atoms with van der Waals surface area (Å²) in [6.45, 7) is 5.56. The molecule has 3 aliphatic heterocycles. The van der Waals surface area contributed by atoms with E-state index in [1.165, 1.54) is 13.8 Å². The molecule has 1 aromatic rings. The van der Waals surface area contributed by atoms with Crippen molar-refractivity contribution in [2.75, 3.05) is 32.8 Å². The van der Waals surface area contributed by atoms with Crippen molar-refractivity contribution in [3.63, 3.8) is 0 Å². The first-order valence-electron chi connectivity index (χ1n) is 21.0. The second-order valence-corrected chi connectivity index (χ2v) is 15.1. The summed E-state index contributed by atoms with van der Waals surface area (Å²) < 4.78 is 14.6. The number of carbonyl (C=O) groups excluding carboxylic acids is 4. The van der Waals surface area contributed by atoms with Crippen LogP contribution in [-0.2, 0) is 54.3 Å². The predicted molar refractivity (Wildman–Crippen MR) is 232 cm³/mol. The number of rotatable bonds is 18. The first-order chi connectivity index (χ1) is 30.5. The number of carbonyl (C=O) groups is 8. The molecule has 20 N–H and O–H groups in total. The van der Waals surface area contributed by atoms with Crippen molar-refractivity contribution in [1.82, 2.24) is 16.0 Å². The predicted octanol–water partition coefficient (Wildman–Crippen LogP) is -3.55. The zero-order valence-corrected chi connectivity index (χ0v) is 36.8. The molecule has 0 unspecified atom stereocenters. The van der Waals surface area contributed by atoms with Crippen LogP contribution in [0.5, 0.6) is 5.75 Å². The fourth-order valence-corrected chi connectivity index (χ4v) is 5.33. The van der Waals surface area contributed by atoms with E-state index in [0.717, 1.165) is 76.6 Å². The molecule has 3 fully saturated rings. The number of benzene rings is 1. The number of aliphatic hydroxyl groups excluding tert-OH is 1. The summed E-state index contributed by atoms with van der Waals surface area (Å²) in [6.07, 6.45) is 6.55. The Kier molecular flexibility index (Phi) is 30.6. The number of nitrogens with two attached hydrogens (primary N) is 6. The van der Waals surface area contributed by atoms with Gasteiger partial charge in [0.1, 0.15) is 60.7 Å². The standard InChI is InChI=1S/C17H23N3O5.C8H14N2O4.C6H14N2O2.C5H9NO2.C4H9NO3/c1-10(18)15(21)25-16(22)13(19)9-11-4-6-12(7-5-11)24-17(23)14-3-2-8-20-14;9-5(7(11)12)4-14-8(13)6-2-1-3-10-6;7-4-2-1-3-5(8)6(9)10;7-5(8)4-2-1-3-6-4;1-2(6)3(5)4(7)8/h4-7,10,13-14,20H,2-3,8-9,18-19H2,1H3;5-6,10H,1-4,9H2,(H,11,12);5H,1-4,7-8H2,(H,9,10);4,6H,1-3H2,(H,7,8);2-3,6H,5H2,1H3,(H,7,8)/t10-,13-,14-;5-,6-;5-;4-;2-,3+/m00001/s1. The maximum atomic E-state index is 11.9. The highest BCUT2D eigenvalue weighted by molar-refractivity contribution is 5.90. The molecule has 0 aliphatic carbocycles. The van der Waals surface area contributed by atoms with Crippen molar-refractivity contribution in [2.45, 2.75) is 132 Å². The first kappa shape index (κ1) is 59.8. The van der Waals surface area contributed by atoms with Gasteiger partial charge in [0.05, 0.1) is 6.10 Å². The van der Waals surface area contributed by atoms with Crippen molar-refractivity contribution in [3.8, 4) is 5.75 Å². The molecule has 0 spiro atoms. The van der Waals surface area contributed by atoms with Gasteiger partial charge in [-0.05, 0) is 116 Å². The molecule has 1 aromatic carbocycles. The Morgan fingerprint density at radius 2 is 1.15 bits per heavy atom. The highest BCUT2D eigenvalue weighted by Gasteiger charge is 2.26. The van der Waals surface area contributed by atoms with E-state index in [-0.39, 0.29) is 37.1 Å². The fraction of sp³-hybridized carbons (Fsp3) is 0.650. The molecule has 9 atom stereocenters. The molecule has 65 heavy (non-hydrogen) atoms. The Morgan fingerprint density at radius 1 is 0.662 bits per heavy atom. The van der Waals surface area contributed by atoms with Gasteiger partial charge in [-0.1, -0.05) is 18.6 Å². The van der Waals surface area contributed by atoms with Crippen LogP contribution in [0.1, 0.15) is 77.2 Å². The summed E-state index contributed by atoms with van der Waals surface area (Å²) in [5.41, 5.74) is 32.3. The monoisotopic (exact) mass is 931 g/mol. The van der Waals surface area contributed by atoms with Crippen LogP contribution < -0.4 is 55.1 Å². The van der Waals surface area contributed by atoms with E-state index in [1.54, 1.807) is 24.3 Å². The molecule has 370 valence electrons. The molecular formula is C40H69N9O16. The minimum Gasteiger partial charge on any atom is -0.480 e. The van der Waals surface area contributed by atoms with Crippen LogP contribution >= 0.6 is 0 Å². The molecule has 0 aromatic heterocycles. The third-order valence-electron chi connectivity index (χ3n) is 9.33. The van der Waals surface area contributed by atoms with Gasteiger partial charge in [-0.3, -0.25) is 24.0 Å². The molecule has 3 saturated heterocycles. The number of carboxylic acids is 4. The normalized spacial score (nSPS) is 19.9. The number of unbranched alkanes of at least 4 members (excludes halogenated alkanes) is 1. The number of nitrogens with one attached hydrogen (secondary N) is 3. The largest absolute Gasteiger partial charge is 0.480 e. The lowest BCUT2D eigenvalue weighted by molar-refractivity contribution is -0.161. The summed E-state index contributed by atoms with van der Waals surface area (Å²) in [6, 6.07) is 0.952. The number of hydrogen-bond acceptors (Lipinski definition) is 21. The number of carboxylic acid groups (broad SMARTS) is 4.